The maximum absolute atomic E-state index is 8.92. The molecule has 26 heavy (non-hydrogen) atoms. The van der Waals surface area contributed by atoms with Gasteiger partial charge in [0.2, 0.25) is 0 Å². The standard InChI is InChI=1S/C19H13Cl2IN2O2/c1-2-25-18-8-13(5-14(9-23)10-24)7-17(22)19(18)26-11-12-3-4-15(20)16(21)6-12/h3-8H,2,11H2,1H3. The van der Waals surface area contributed by atoms with Gasteiger partial charge in [0.1, 0.15) is 24.3 Å². The molecule has 0 aliphatic rings. The third-order valence-corrected chi connectivity index (χ3v) is 4.79. The molecule has 2 aromatic carbocycles. The molecule has 0 amide bonds. The average Bonchev–Trinajstić information content (AvgIpc) is 2.62. The second-order valence-electron chi connectivity index (χ2n) is 5.08. The van der Waals surface area contributed by atoms with Crippen molar-refractivity contribution in [2.24, 2.45) is 0 Å². The van der Waals surface area contributed by atoms with Crippen LogP contribution in [0.4, 0.5) is 0 Å². The summed E-state index contributed by atoms with van der Waals surface area (Å²) in [5, 5.41) is 18.8. The second-order valence-corrected chi connectivity index (χ2v) is 7.06. The van der Waals surface area contributed by atoms with E-state index in [0.29, 0.717) is 40.3 Å². The van der Waals surface area contributed by atoms with E-state index >= 15 is 0 Å². The van der Waals surface area contributed by atoms with Crippen LogP contribution in [0.15, 0.2) is 35.9 Å². The van der Waals surface area contributed by atoms with E-state index in [4.69, 9.17) is 43.2 Å². The maximum Gasteiger partial charge on any atom is 0.175 e. The zero-order valence-electron chi connectivity index (χ0n) is 13.7. The highest BCUT2D eigenvalue weighted by Crippen LogP contribution is 2.35. The summed E-state index contributed by atoms with van der Waals surface area (Å²) < 4.78 is 12.4. The van der Waals surface area contributed by atoms with Crippen LogP contribution >= 0.6 is 45.8 Å². The van der Waals surface area contributed by atoms with Gasteiger partial charge in [-0.2, -0.15) is 10.5 Å². The molecule has 0 saturated carbocycles. The van der Waals surface area contributed by atoms with Gasteiger partial charge in [-0.05, 0) is 71.0 Å². The zero-order chi connectivity index (χ0) is 19.1. The van der Waals surface area contributed by atoms with E-state index in [1.165, 1.54) is 6.08 Å². The van der Waals surface area contributed by atoms with Gasteiger partial charge in [-0.3, -0.25) is 0 Å². The van der Waals surface area contributed by atoms with Crippen LogP contribution in [0.25, 0.3) is 6.08 Å². The molecule has 132 valence electrons. The van der Waals surface area contributed by atoms with Gasteiger partial charge >= 0.3 is 0 Å². The number of nitrogens with zero attached hydrogens (tertiary/aromatic N) is 2. The Bertz CT molecular complexity index is 914. The summed E-state index contributed by atoms with van der Waals surface area (Å²) >= 11 is 14.1. The molecule has 0 radical (unpaired) electrons. The molecule has 2 aromatic rings. The summed E-state index contributed by atoms with van der Waals surface area (Å²) in [6.45, 7) is 2.62. The fourth-order valence-corrected chi connectivity index (χ4v) is 3.22. The Morgan fingerprint density at radius 3 is 2.46 bits per heavy atom. The molecule has 2 rings (SSSR count). The third-order valence-electron chi connectivity index (χ3n) is 3.25. The van der Waals surface area contributed by atoms with Gasteiger partial charge in [0, 0.05) is 0 Å². The van der Waals surface area contributed by atoms with Crippen molar-refractivity contribution in [2.75, 3.05) is 6.61 Å². The van der Waals surface area contributed by atoms with Crippen LogP contribution < -0.4 is 9.47 Å². The highest BCUT2D eigenvalue weighted by molar-refractivity contribution is 14.1. The van der Waals surface area contributed by atoms with Crippen molar-refractivity contribution >= 4 is 51.9 Å². The van der Waals surface area contributed by atoms with Gasteiger partial charge in [0.05, 0.1) is 20.2 Å². The van der Waals surface area contributed by atoms with E-state index in [1.807, 2.05) is 31.2 Å². The van der Waals surface area contributed by atoms with Gasteiger partial charge < -0.3 is 9.47 Å². The molecule has 0 aliphatic carbocycles. The lowest BCUT2D eigenvalue weighted by atomic mass is 10.1. The van der Waals surface area contributed by atoms with Crippen molar-refractivity contribution in [1.82, 2.24) is 0 Å². The number of allylic oxidation sites excluding steroid dienone is 1. The number of nitriles is 2. The number of hydrogen-bond donors (Lipinski definition) is 0. The summed E-state index contributed by atoms with van der Waals surface area (Å²) in [6, 6.07) is 12.6. The van der Waals surface area contributed by atoms with Crippen LogP contribution in [0.1, 0.15) is 18.1 Å². The maximum atomic E-state index is 8.92. The molecule has 0 aliphatic heterocycles. The number of rotatable bonds is 6. The Balaban J connectivity index is 2.32. The predicted molar refractivity (Wildman–Crippen MR) is 110 cm³/mol. The van der Waals surface area contributed by atoms with Crippen molar-refractivity contribution in [3.8, 4) is 23.6 Å². The first kappa shape index (κ1) is 20.4. The van der Waals surface area contributed by atoms with E-state index in [2.05, 4.69) is 22.6 Å². The van der Waals surface area contributed by atoms with E-state index < -0.39 is 0 Å². The fourth-order valence-electron chi connectivity index (χ4n) is 2.12. The summed E-state index contributed by atoms with van der Waals surface area (Å²) in [4.78, 5) is 0. The number of ether oxygens (including phenoxy) is 2. The molecular weight excluding hydrogens is 486 g/mol. The summed E-state index contributed by atoms with van der Waals surface area (Å²) in [6.07, 6.45) is 1.51. The second kappa shape index (κ2) is 9.68. The topological polar surface area (TPSA) is 66.0 Å². The lowest BCUT2D eigenvalue weighted by Gasteiger charge is -2.15. The lowest BCUT2D eigenvalue weighted by molar-refractivity contribution is 0.267. The molecule has 4 nitrogen and oxygen atoms in total. The fraction of sp³-hybridized carbons (Fsp3) is 0.158. The van der Waals surface area contributed by atoms with Gasteiger partial charge in [-0.1, -0.05) is 29.3 Å². The molecule has 0 saturated heterocycles. The highest BCUT2D eigenvalue weighted by atomic mass is 127. The molecule has 7 heteroatoms. The lowest BCUT2D eigenvalue weighted by Crippen LogP contribution is -2.02. The number of benzene rings is 2. The minimum absolute atomic E-state index is 0.0210. The quantitative estimate of drug-likeness (QED) is 0.361. The third kappa shape index (κ3) is 5.28. The van der Waals surface area contributed by atoms with Crippen molar-refractivity contribution in [2.45, 2.75) is 13.5 Å². The summed E-state index contributed by atoms with van der Waals surface area (Å²) in [7, 11) is 0. The van der Waals surface area contributed by atoms with Crippen molar-refractivity contribution in [3.05, 3.63) is 60.6 Å². The molecular formula is C19H13Cl2IN2O2. The minimum Gasteiger partial charge on any atom is -0.490 e. The first-order valence-corrected chi connectivity index (χ1v) is 9.37. The van der Waals surface area contributed by atoms with Crippen LogP contribution in [-0.2, 0) is 6.61 Å². The number of hydrogen-bond acceptors (Lipinski definition) is 4. The Labute approximate surface area is 175 Å². The molecule has 0 heterocycles. The normalized spacial score (nSPS) is 9.77. The average molecular weight is 499 g/mol. The van der Waals surface area contributed by atoms with Crippen LogP contribution in [-0.4, -0.2) is 6.61 Å². The molecule has 0 fully saturated rings. The Hall–Kier alpha value is -1.93. The Kier molecular flexibility index (Phi) is 7.59. The van der Waals surface area contributed by atoms with Crippen molar-refractivity contribution in [3.63, 3.8) is 0 Å². The van der Waals surface area contributed by atoms with Crippen molar-refractivity contribution in [1.29, 1.82) is 10.5 Å². The van der Waals surface area contributed by atoms with Gasteiger partial charge in [0.25, 0.3) is 0 Å². The molecule has 0 N–H and O–H groups in total. The molecule has 0 bridgehead atoms. The van der Waals surface area contributed by atoms with Crippen LogP contribution in [0.5, 0.6) is 11.5 Å². The minimum atomic E-state index is 0.0210. The predicted octanol–water partition coefficient (Wildman–Crippen LogP) is 6.01. The largest absolute Gasteiger partial charge is 0.490 e. The Morgan fingerprint density at radius 2 is 1.85 bits per heavy atom. The summed E-state index contributed by atoms with van der Waals surface area (Å²) in [5.41, 5.74) is 1.59. The zero-order valence-corrected chi connectivity index (χ0v) is 17.4. The SMILES string of the molecule is CCOc1cc(C=C(C#N)C#N)cc(I)c1OCc1ccc(Cl)c(Cl)c1. The van der Waals surface area contributed by atoms with Gasteiger partial charge in [-0.15, -0.1) is 0 Å². The molecule has 0 spiro atoms. The van der Waals surface area contributed by atoms with E-state index in [9.17, 15) is 0 Å². The molecule has 0 aromatic heterocycles. The number of halogens is 3. The van der Waals surface area contributed by atoms with E-state index in [0.717, 1.165) is 9.13 Å². The molecule has 0 atom stereocenters. The Morgan fingerprint density at radius 1 is 1.12 bits per heavy atom. The van der Waals surface area contributed by atoms with Crippen molar-refractivity contribution < 1.29 is 9.47 Å². The van der Waals surface area contributed by atoms with Crippen LogP contribution in [0, 0.1) is 26.2 Å². The van der Waals surface area contributed by atoms with Crippen LogP contribution in [0.3, 0.4) is 0 Å². The highest BCUT2D eigenvalue weighted by Gasteiger charge is 2.13. The smallest absolute Gasteiger partial charge is 0.175 e. The van der Waals surface area contributed by atoms with Gasteiger partial charge in [0.15, 0.2) is 11.5 Å². The van der Waals surface area contributed by atoms with E-state index in [1.54, 1.807) is 18.2 Å². The molecule has 0 unspecified atom stereocenters. The first-order chi connectivity index (χ1) is 12.5. The van der Waals surface area contributed by atoms with Crippen LogP contribution in [0.2, 0.25) is 10.0 Å². The summed E-state index contributed by atoms with van der Waals surface area (Å²) in [5.74, 6) is 1.13. The van der Waals surface area contributed by atoms with E-state index in [-0.39, 0.29) is 5.57 Å². The first-order valence-electron chi connectivity index (χ1n) is 7.53. The monoisotopic (exact) mass is 498 g/mol. The van der Waals surface area contributed by atoms with Gasteiger partial charge in [-0.25, -0.2) is 0 Å².